The molecule has 15 heteroatoms. The van der Waals surface area contributed by atoms with Crippen molar-refractivity contribution in [1.29, 1.82) is 0 Å². The van der Waals surface area contributed by atoms with Crippen molar-refractivity contribution in [3.05, 3.63) is 36.3 Å². The lowest BCUT2D eigenvalue weighted by atomic mass is 10.2. The minimum Gasteiger partial charge on any atom is -0.377 e. The van der Waals surface area contributed by atoms with Crippen LogP contribution in [0.3, 0.4) is 0 Å². The Labute approximate surface area is 265 Å². The molecule has 0 aromatic carbocycles. The average molecular weight is 639 g/mol. The maximum Gasteiger partial charge on any atom is 0.317 e. The molecule has 254 valence electrons. The Kier molecular flexibility index (Phi) is 18.3. The molecule has 1 atom stereocenters. The summed E-state index contributed by atoms with van der Waals surface area (Å²) in [6.45, 7) is 15.8. The number of hydrogen-bond donors (Lipinski definition) is 1. The summed E-state index contributed by atoms with van der Waals surface area (Å²) in [5.41, 5.74) is 1.34. The molecule has 0 radical (unpaired) electrons. The molecule has 15 nitrogen and oxygen atoms in total. The zero-order chi connectivity index (χ0) is 32.0. The third kappa shape index (κ3) is 15.8. The Balaban J connectivity index is 0.965. The van der Waals surface area contributed by atoms with Gasteiger partial charge in [-0.05, 0) is 18.4 Å². The Morgan fingerprint density at radius 2 is 1.38 bits per heavy atom. The van der Waals surface area contributed by atoms with E-state index in [1.54, 1.807) is 21.9 Å². The fourth-order valence-corrected chi connectivity index (χ4v) is 4.39. The minimum absolute atomic E-state index is 0.00959. The van der Waals surface area contributed by atoms with E-state index in [9.17, 15) is 9.59 Å². The van der Waals surface area contributed by atoms with Crippen LogP contribution in [0.4, 0.5) is 4.79 Å². The molecule has 0 aliphatic carbocycles. The molecular weight excluding hydrogens is 588 g/mol. The highest BCUT2D eigenvalue weighted by molar-refractivity contribution is 5.92. The predicted octanol–water partition coefficient (Wildman–Crippen LogP) is 0.858. The molecule has 2 aliphatic heterocycles. The monoisotopic (exact) mass is 638 g/mol. The SMILES string of the molecule is C=C1C=CC(=O)N1Cc1cn(CCOCCOCCOCCOCCOCCOCCOCCNC(=O)N2CC[C@@H](C)C2)nn1. The number of urea groups is 1. The summed E-state index contributed by atoms with van der Waals surface area (Å²) in [4.78, 5) is 27.1. The summed E-state index contributed by atoms with van der Waals surface area (Å²) in [5, 5.41) is 11.0. The highest BCUT2D eigenvalue weighted by atomic mass is 16.6. The van der Waals surface area contributed by atoms with Crippen LogP contribution in [-0.4, -0.2) is 149 Å². The number of nitrogens with zero attached hydrogens (tertiary/aromatic N) is 5. The Bertz CT molecular complexity index is 1010. The van der Waals surface area contributed by atoms with Gasteiger partial charge >= 0.3 is 6.03 Å². The summed E-state index contributed by atoms with van der Waals surface area (Å²) in [5.74, 6) is 0.483. The van der Waals surface area contributed by atoms with E-state index in [2.05, 4.69) is 29.1 Å². The van der Waals surface area contributed by atoms with Gasteiger partial charge in [-0.1, -0.05) is 18.7 Å². The Morgan fingerprint density at radius 1 is 0.844 bits per heavy atom. The van der Waals surface area contributed by atoms with Gasteiger partial charge in [0, 0.05) is 31.4 Å². The maximum absolute atomic E-state index is 12.0. The second kappa shape index (κ2) is 22.6. The van der Waals surface area contributed by atoms with Crippen LogP contribution in [0.25, 0.3) is 0 Å². The van der Waals surface area contributed by atoms with Crippen LogP contribution in [0.1, 0.15) is 19.0 Å². The number of aromatic nitrogens is 3. The van der Waals surface area contributed by atoms with Crippen LogP contribution in [-0.2, 0) is 51.0 Å². The van der Waals surface area contributed by atoms with Gasteiger partial charge in [-0.25, -0.2) is 9.48 Å². The van der Waals surface area contributed by atoms with Crippen molar-refractivity contribution < 1.29 is 42.7 Å². The number of ether oxygens (including phenoxy) is 7. The van der Waals surface area contributed by atoms with Crippen molar-refractivity contribution in [3.63, 3.8) is 0 Å². The first-order chi connectivity index (χ1) is 22.0. The fraction of sp³-hybridized carbons (Fsp3) is 0.733. The van der Waals surface area contributed by atoms with E-state index >= 15 is 0 Å². The normalized spacial score (nSPS) is 16.4. The molecule has 3 heterocycles. The molecule has 1 fully saturated rings. The summed E-state index contributed by atoms with van der Waals surface area (Å²) in [6.07, 6.45) is 6.04. The average Bonchev–Trinajstić information content (AvgIpc) is 3.76. The lowest BCUT2D eigenvalue weighted by Gasteiger charge is -2.16. The molecule has 2 aliphatic rings. The molecule has 1 saturated heterocycles. The smallest absolute Gasteiger partial charge is 0.317 e. The van der Waals surface area contributed by atoms with Gasteiger partial charge in [-0.2, -0.15) is 0 Å². The standard InChI is InChI=1S/C30H50N6O9/c1-26-5-7-34(23-26)30(38)31-6-9-39-11-13-41-15-17-43-19-21-45-22-20-44-18-16-42-14-12-40-10-8-35-24-28(32-33-35)25-36-27(2)3-4-29(36)37/h3-4,24,26H,2,5-23,25H2,1H3,(H,31,38)/t26-/m1/s1. The molecule has 3 rings (SSSR count). The number of nitrogens with one attached hydrogen (secondary N) is 1. The number of carbonyl (C=O) groups is 2. The van der Waals surface area contributed by atoms with E-state index in [1.165, 1.54) is 6.08 Å². The highest BCUT2D eigenvalue weighted by Crippen LogP contribution is 2.16. The molecule has 1 aromatic heterocycles. The Hall–Kier alpha value is -2.92. The van der Waals surface area contributed by atoms with Gasteiger partial charge in [0.05, 0.1) is 112 Å². The van der Waals surface area contributed by atoms with Gasteiger partial charge in [0.1, 0.15) is 5.69 Å². The third-order valence-corrected chi connectivity index (χ3v) is 6.87. The molecule has 1 aromatic rings. The van der Waals surface area contributed by atoms with Gasteiger partial charge in [-0.15, -0.1) is 5.10 Å². The second-order valence-electron chi connectivity index (χ2n) is 10.6. The zero-order valence-corrected chi connectivity index (χ0v) is 26.6. The first kappa shape index (κ1) is 36.5. The molecule has 0 unspecified atom stereocenters. The Morgan fingerprint density at radius 3 is 1.87 bits per heavy atom. The van der Waals surface area contributed by atoms with E-state index in [0.717, 1.165) is 19.5 Å². The van der Waals surface area contributed by atoms with Gasteiger partial charge in [0.2, 0.25) is 0 Å². The number of allylic oxidation sites excluding steroid dienone is 1. The van der Waals surface area contributed by atoms with Gasteiger partial charge in [0.15, 0.2) is 0 Å². The summed E-state index contributed by atoms with van der Waals surface area (Å²) in [6, 6.07) is -0.00959. The van der Waals surface area contributed by atoms with E-state index < -0.39 is 0 Å². The van der Waals surface area contributed by atoms with E-state index in [0.29, 0.717) is 129 Å². The quantitative estimate of drug-likeness (QED) is 0.144. The van der Waals surface area contributed by atoms with E-state index in [-0.39, 0.29) is 11.9 Å². The van der Waals surface area contributed by atoms with Gasteiger partial charge in [-0.3, -0.25) is 4.79 Å². The van der Waals surface area contributed by atoms with Crippen molar-refractivity contribution >= 4 is 11.9 Å². The molecule has 3 amide bonds. The molecule has 45 heavy (non-hydrogen) atoms. The lowest BCUT2D eigenvalue weighted by Crippen LogP contribution is -2.39. The first-order valence-electron chi connectivity index (χ1n) is 15.7. The highest BCUT2D eigenvalue weighted by Gasteiger charge is 2.22. The topological polar surface area (TPSA) is 148 Å². The van der Waals surface area contributed by atoms with Crippen molar-refractivity contribution in [3.8, 4) is 0 Å². The number of amides is 3. The van der Waals surface area contributed by atoms with Crippen LogP contribution in [0.2, 0.25) is 0 Å². The van der Waals surface area contributed by atoms with Crippen molar-refractivity contribution in [2.45, 2.75) is 26.4 Å². The number of carbonyl (C=O) groups excluding carboxylic acids is 2. The maximum atomic E-state index is 12.0. The molecule has 1 N–H and O–H groups in total. The van der Waals surface area contributed by atoms with Crippen LogP contribution in [0.5, 0.6) is 0 Å². The summed E-state index contributed by atoms with van der Waals surface area (Å²) < 4.78 is 40.2. The van der Waals surface area contributed by atoms with Crippen molar-refractivity contribution in [2.75, 3.05) is 112 Å². The zero-order valence-electron chi connectivity index (χ0n) is 26.6. The van der Waals surface area contributed by atoms with Crippen LogP contribution in [0, 0.1) is 5.92 Å². The van der Waals surface area contributed by atoms with E-state index in [4.69, 9.17) is 33.2 Å². The van der Waals surface area contributed by atoms with Crippen LogP contribution in [0.15, 0.2) is 30.6 Å². The largest absolute Gasteiger partial charge is 0.377 e. The van der Waals surface area contributed by atoms with Gasteiger partial charge in [0.25, 0.3) is 5.91 Å². The summed E-state index contributed by atoms with van der Waals surface area (Å²) in [7, 11) is 0. The number of rotatable bonds is 26. The molecule has 0 bridgehead atoms. The lowest BCUT2D eigenvalue weighted by molar-refractivity contribution is -0.123. The van der Waals surface area contributed by atoms with Gasteiger partial charge < -0.3 is 48.3 Å². The first-order valence-corrected chi connectivity index (χ1v) is 15.7. The number of likely N-dealkylation sites (tertiary alicyclic amines) is 1. The second-order valence-corrected chi connectivity index (χ2v) is 10.6. The minimum atomic E-state index is -0.0986. The van der Waals surface area contributed by atoms with Crippen LogP contribution < -0.4 is 5.32 Å². The van der Waals surface area contributed by atoms with E-state index in [1.807, 2.05) is 4.90 Å². The fourth-order valence-electron chi connectivity index (χ4n) is 4.39. The molecule has 0 saturated carbocycles. The van der Waals surface area contributed by atoms with Crippen LogP contribution >= 0.6 is 0 Å². The number of hydrogen-bond acceptors (Lipinski definition) is 11. The van der Waals surface area contributed by atoms with Crippen molar-refractivity contribution in [2.24, 2.45) is 5.92 Å². The molecule has 0 spiro atoms. The summed E-state index contributed by atoms with van der Waals surface area (Å²) >= 11 is 0. The predicted molar refractivity (Wildman–Crippen MR) is 163 cm³/mol. The third-order valence-electron chi connectivity index (χ3n) is 6.87. The van der Waals surface area contributed by atoms with Crippen molar-refractivity contribution in [1.82, 2.24) is 30.1 Å². The molecular formula is C30H50N6O9.